The Labute approximate surface area is 120 Å². The Morgan fingerprint density at radius 3 is 2.55 bits per heavy atom. The molecule has 0 aromatic heterocycles. The van der Waals surface area contributed by atoms with Gasteiger partial charge in [0.15, 0.2) is 0 Å². The van der Waals surface area contributed by atoms with Crippen molar-refractivity contribution in [1.29, 1.82) is 0 Å². The van der Waals surface area contributed by atoms with E-state index in [9.17, 15) is 9.18 Å². The zero-order chi connectivity index (χ0) is 14.7. The predicted molar refractivity (Wildman–Crippen MR) is 78.0 cm³/mol. The summed E-state index contributed by atoms with van der Waals surface area (Å²) in [4.78, 5) is 13.6. The molecular formula is C16H23FN2O. The second-order valence-corrected chi connectivity index (χ2v) is 5.84. The first-order valence-corrected chi connectivity index (χ1v) is 7.22. The lowest BCUT2D eigenvalue weighted by Gasteiger charge is -2.30. The van der Waals surface area contributed by atoms with Crippen molar-refractivity contribution in [3.8, 4) is 0 Å². The summed E-state index contributed by atoms with van der Waals surface area (Å²) in [6.07, 6.45) is 0. The van der Waals surface area contributed by atoms with Crippen molar-refractivity contribution in [3.63, 3.8) is 0 Å². The SMILES string of the molecule is CC(=O)N(C[C@H]1CNC[C@@H]1c1ccc(F)cc1)C(C)C. The minimum absolute atomic E-state index is 0.116. The van der Waals surface area contributed by atoms with Crippen LogP contribution in [-0.2, 0) is 4.79 Å². The summed E-state index contributed by atoms with van der Waals surface area (Å²) in [5, 5.41) is 3.39. The van der Waals surface area contributed by atoms with Crippen molar-refractivity contribution >= 4 is 5.91 Å². The standard InChI is InChI=1S/C16H23FN2O/c1-11(2)19(12(3)20)10-14-8-18-9-16(14)13-4-6-15(17)7-5-13/h4-7,11,14,16,18H,8-10H2,1-3H3/t14-,16-/m1/s1. The summed E-state index contributed by atoms with van der Waals surface area (Å²) in [5.74, 6) is 0.636. The van der Waals surface area contributed by atoms with Crippen LogP contribution >= 0.6 is 0 Å². The van der Waals surface area contributed by atoms with Gasteiger partial charge in [0.2, 0.25) is 5.91 Å². The summed E-state index contributed by atoms with van der Waals surface area (Å²) < 4.78 is 13.0. The Morgan fingerprint density at radius 1 is 1.35 bits per heavy atom. The van der Waals surface area contributed by atoms with Crippen LogP contribution in [0.2, 0.25) is 0 Å². The second-order valence-electron chi connectivity index (χ2n) is 5.84. The smallest absolute Gasteiger partial charge is 0.219 e. The molecule has 1 aromatic carbocycles. The van der Waals surface area contributed by atoms with E-state index in [0.29, 0.717) is 11.8 Å². The van der Waals surface area contributed by atoms with E-state index in [1.807, 2.05) is 30.9 Å². The molecule has 0 spiro atoms. The fourth-order valence-electron chi connectivity index (χ4n) is 2.98. The summed E-state index contributed by atoms with van der Waals surface area (Å²) in [6, 6.07) is 6.94. The van der Waals surface area contributed by atoms with Gasteiger partial charge in [-0.2, -0.15) is 0 Å². The molecule has 0 radical (unpaired) electrons. The molecule has 1 aliphatic rings. The highest BCUT2D eigenvalue weighted by Gasteiger charge is 2.31. The molecule has 1 saturated heterocycles. The number of carbonyl (C=O) groups is 1. The Bertz CT molecular complexity index is 458. The van der Waals surface area contributed by atoms with Gasteiger partial charge in [0.1, 0.15) is 5.82 Å². The lowest BCUT2D eigenvalue weighted by atomic mass is 9.88. The van der Waals surface area contributed by atoms with Crippen LogP contribution in [0, 0.1) is 11.7 Å². The van der Waals surface area contributed by atoms with E-state index in [-0.39, 0.29) is 17.8 Å². The van der Waals surface area contributed by atoms with Crippen molar-refractivity contribution in [1.82, 2.24) is 10.2 Å². The maximum absolute atomic E-state index is 13.0. The Balaban J connectivity index is 2.11. The van der Waals surface area contributed by atoms with Crippen LogP contribution in [0.3, 0.4) is 0 Å². The summed E-state index contributed by atoms with van der Waals surface area (Å²) in [5.41, 5.74) is 1.15. The number of hydrogen-bond donors (Lipinski definition) is 1. The zero-order valence-electron chi connectivity index (χ0n) is 12.4. The van der Waals surface area contributed by atoms with Crippen molar-refractivity contribution in [2.24, 2.45) is 5.92 Å². The van der Waals surface area contributed by atoms with E-state index in [1.54, 1.807) is 6.92 Å². The van der Waals surface area contributed by atoms with Crippen molar-refractivity contribution in [2.45, 2.75) is 32.7 Å². The summed E-state index contributed by atoms with van der Waals surface area (Å²) >= 11 is 0. The number of carbonyl (C=O) groups excluding carboxylic acids is 1. The second kappa shape index (κ2) is 6.35. The minimum atomic E-state index is -0.205. The fraction of sp³-hybridized carbons (Fsp3) is 0.562. The van der Waals surface area contributed by atoms with E-state index in [1.165, 1.54) is 12.1 Å². The van der Waals surface area contributed by atoms with Crippen molar-refractivity contribution < 1.29 is 9.18 Å². The molecule has 0 unspecified atom stereocenters. The van der Waals surface area contributed by atoms with Crippen LogP contribution in [0.25, 0.3) is 0 Å². The Morgan fingerprint density at radius 2 is 2.00 bits per heavy atom. The van der Waals surface area contributed by atoms with Gasteiger partial charge in [0.05, 0.1) is 0 Å². The topological polar surface area (TPSA) is 32.3 Å². The normalized spacial score (nSPS) is 22.2. The molecule has 110 valence electrons. The zero-order valence-corrected chi connectivity index (χ0v) is 12.4. The average Bonchev–Trinajstić information content (AvgIpc) is 2.84. The first-order chi connectivity index (χ1) is 9.49. The predicted octanol–water partition coefficient (Wildman–Crippen LogP) is 2.39. The lowest BCUT2D eigenvalue weighted by Crippen LogP contribution is -2.40. The molecule has 1 amide bonds. The quantitative estimate of drug-likeness (QED) is 0.917. The maximum atomic E-state index is 13.0. The molecule has 4 heteroatoms. The van der Waals surface area contributed by atoms with Gasteiger partial charge in [-0.3, -0.25) is 4.79 Å². The number of amides is 1. The molecule has 1 heterocycles. The fourth-order valence-corrected chi connectivity index (χ4v) is 2.98. The van der Waals surface area contributed by atoms with Crippen molar-refractivity contribution in [3.05, 3.63) is 35.6 Å². The molecule has 1 aliphatic heterocycles. The van der Waals surface area contributed by atoms with Crippen LogP contribution in [-0.4, -0.2) is 36.5 Å². The molecule has 1 N–H and O–H groups in total. The third kappa shape index (κ3) is 3.37. The average molecular weight is 278 g/mol. The van der Waals surface area contributed by atoms with Crippen LogP contribution in [0.1, 0.15) is 32.3 Å². The summed E-state index contributed by atoms with van der Waals surface area (Å²) in [6.45, 7) is 8.24. The molecular weight excluding hydrogens is 255 g/mol. The van der Waals surface area contributed by atoms with Gasteiger partial charge in [0.25, 0.3) is 0 Å². The third-order valence-corrected chi connectivity index (χ3v) is 4.10. The van der Waals surface area contributed by atoms with E-state index >= 15 is 0 Å². The number of hydrogen-bond acceptors (Lipinski definition) is 2. The largest absolute Gasteiger partial charge is 0.340 e. The highest BCUT2D eigenvalue weighted by molar-refractivity contribution is 5.73. The molecule has 1 aromatic rings. The molecule has 0 bridgehead atoms. The van der Waals surface area contributed by atoms with Crippen molar-refractivity contribution in [2.75, 3.05) is 19.6 Å². The Hall–Kier alpha value is -1.42. The van der Waals surface area contributed by atoms with Crippen LogP contribution in [0.15, 0.2) is 24.3 Å². The third-order valence-electron chi connectivity index (χ3n) is 4.10. The van der Waals surface area contributed by atoms with Gasteiger partial charge < -0.3 is 10.2 Å². The number of benzene rings is 1. The first-order valence-electron chi connectivity index (χ1n) is 7.22. The number of nitrogens with one attached hydrogen (secondary N) is 1. The molecule has 3 nitrogen and oxygen atoms in total. The van der Waals surface area contributed by atoms with E-state index in [4.69, 9.17) is 0 Å². The summed E-state index contributed by atoms with van der Waals surface area (Å²) in [7, 11) is 0. The highest BCUT2D eigenvalue weighted by Crippen LogP contribution is 2.29. The monoisotopic (exact) mass is 278 g/mol. The highest BCUT2D eigenvalue weighted by atomic mass is 19.1. The van der Waals surface area contributed by atoms with Gasteiger partial charge in [-0.05, 0) is 37.5 Å². The lowest BCUT2D eigenvalue weighted by molar-refractivity contribution is -0.131. The van der Waals surface area contributed by atoms with Crippen LogP contribution in [0.5, 0.6) is 0 Å². The van der Waals surface area contributed by atoms with Gasteiger partial charge >= 0.3 is 0 Å². The molecule has 20 heavy (non-hydrogen) atoms. The number of nitrogens with zero attached hydrogens (tertiary/aromatic N) is 1. The van der Waals surface area contributed by atoms with Gasteiger partial charge in [-0.15, -0.1) is 0 Å². The van der Waals surface area contributed by atoms with Crippen LogP contribution < -0.4 is 5.32 Å². The van der Waals surface area contributed by atoms with Gasteiger partial charge in [0, 0.05) is 38.5 Å². The molecule has 0 aliphatic carbocycles. The number of halogens is 1. The van der Waals surface area contributed by atoms with E-state index in [0.717, 1.165) is 25.2 Å². The maximum Gasteiger partial charge on any atom is 0.219 e. The van der Waals surface area contributed by atoms with Gasteiger partial charge in [-0.25, -0.2) is 4.39 Å². The number of rotatable bonds is 4. The molecule has 2 atom stereocenters. The molecule has 0 saturated carbocycles. The van der Waals surface area contributed by atoms with E-state index < -0.39 is 0 Å². The first kappa shape index (κ1) is 15.0. The van der Waals surface area contributed by atoms with Crippen LogP contribution in [0.4, 0.5) is 4.39 Å². The molecule has 1 fully saturated rings. The van der Waals surface area contributed by atoms with E-state index in [2.05, 4.69) is 5.32 Å². The Kier molecular flexibility index (Phi) is 4.76. The van der Waals surface area contributed by atoms with Gasteiger partial charge in [-0.1, -0.05) is 12.1 Å². The molecule has 2 rings (SSSR count). The minimum Gasteiger partial charge on any atom is -0.340 e.